The number of hydrogen-bond donors (Lipinski definition) is 0. The predicted molar refractivity (Wildman–Crippen MR) is 54.1 cm³/mol. The maximum absolute atomic E-state index is 3.88. The molecule has 0 saturated carbocycles. The Morgan fingerprint density at radius 3 is 1.70 bits per heavy atom. The molecule has 0 saturated heterocycles. The third-order valence-electron chi connectivity index (χ3n) is 1.51. The SMILES string of the molecule is CCC[CH2][Bi]([Br])[CH2]CCC. The molecule has 0 bridgehead atoms. The van der Waals surface area contributed by atoms with Crippen molar-refractivity contribution in [1.82, 2.24) is 0 Å². The van der Waals surface area contributed by atoms with Gasteiger partial charge in [-0.15, -0.1) is 0 Å². The van der Waals surface area contributed by atoms with E-state index in [2.05, 4.69) is 26.1 Å². The van der Waals surface area contributed by atoms with Crippen LogP contribution in [0.3, 0.4) is 0 Å². The van der Waals surface area contributed by atoms with Crippen molar-refractivity contribution in [1.29, 1.82) is 0 Å². The molecule has 2 heteroatoms. The zero-order chi connectivity index (χ0) is 7.82. The summed E-state index contributed by atoms with van der Waals surface area (Å²) in [5.74, 6) is 0. The summed E-state index contributed by atoms with van der Waals surface area (Å²) < 4.78 is 3.12. The van der Waals surface area contributed by atoms with Gasteiger partial charge in [0.2, 0.25) is 0 Å². The molecule has 0 nitrogen and oxygen atoms in total. The van der Waals surface area contributed by atoms with E-state index in [1.807, 2.05) is 0 Å². The molecule has 0 aliphatic carbocycles. The molecule has 0 aliphatic rings. The molecule has 0 atom stereocenters. The molecule has 0 radical (unpaired) electrons. The molecule has 0 amide bonds. The Morgan fingerprint density at radius 1 is 1.00 bits per heavy atom. The van der Waals surface area contributed by atoms with Gasteiger partial charge in [0.25, 0.3) is 0 Å². The molecular formula is C8H18BiBr. The normalized spacial score (nSPS) is 10.8. The summed E-state index contributed by atoms with van der Waals surface area (Å²) in [6.07, 6.45) is 5.69. The van der Waals surface area contributed by atoms with E-state index < -0.39 is 19.4 Å². The van der Waals surface area contributed by atoms with Gasteiger partial charge in [-0.1, -0.05) is 0 Å². The molecule has 0 fully saturated rings. The third kappa shape index (κ3) is 7.47. The van der Waals surface area contributed by atoms with Gasteiger partial charge in [0.1, 0.15) is 0 Å². The summed E-state index contributed by atoms with van der Waals surface area (Å²) in [6, 6.07) is 0. The summed E-state index contributed by atoms with van der Waals surface area (Å²) in [4.78, 5) is 0. The van der Waals surface area contributed by atoms with Gasteiger partial charge in [-0.05, 0) is 0 Å². The number of rotatable bonds is 6. The van der Waals surface area contributed by atoms with Crippen molar-refractivity contribution in [3.63, 3.8) is 0 Å². The van der Waals surface area contributed by atoms with Crippen LogP contribution in [0.4, 0.5) is 0 Å². The molecule has 0 unspecified atom stereocenters. The molecule has 0 spiro atoms. The second kappa shape index (κ2) is 8.46. The Balaban J connectivity index is 3.00. The standard InChI is InChI=1S/2C4H9.Bi.BrH/c2*1-3-4-2;;/h2*1,3-4H2,2H3;;1H/q;;+1;/p-1. The van der Waals surface area contributed by atoms with Crippen LogP contribution in [0, 0.1) is 0 Å². The van der Waals surface area contributed by atoms with Crippen LogP contribution in [0.15, 0.2) is 0 Å². The van der Waals surface area contributed by atoms with E-state index in [1.54, 1.807) is 8.26 Å². The first kappa shape index (κ1) is 11.4. The van der Waals surface area contributed by atoms with Crippen molar-refractivity contribution < 1.29 is 0 Å². The predicted octanol–water partition coefficient (Wildman–Crippen LogP) is 3.97. The van der Waals surface area contributed by atoms with E-state index in [0.717, 1.165) is 0 Å². The Hall–Kier alpha value is 1.36. The number of hydrogen-bond acceptors (Lipinski definition) is 0. The van der Waals surface area contributed by atoms with Gasteiger partial charge in [-0.3, -0.25) is 0 Å². The minimum absolute atomic E-state index is 0.989. The van der Waals surface area contributed by atoms with Gasteiger partial charge >= 0.3 is 79.4 Å². The molecular weight excluding hydrogens is 385 g/mol. The molecule has 0 aromatic heterocycles. The average molecular weight is 403 g/mol. The van der Waals surface area contributed by atoms with Crippen molar-refractivity contribution in [2.45, 2.75) is 47.8 Å². The zero-order valence-electron chi connectivity index (χ0n) is 7.07. The van der Waals surface area contributed by atoms with Crippen LogP contribution in [-0.2, 0) is 0 Å². The monoisotopic (exact) mass is 402 g/mol. The molecule has 0 aromatic rings. The topological polar surface area (TPSA) is 0 Å². The van der Waals surface area contributed by atoms with Gasteiger partial charge in [-0.2, -0.15) is 0 Å². The Labute approximate surface area is 78.9 Å². The van der Waals surface area contributed by atoms with Gasteiger partial charge in [0.05, 0.1) is 0 Å². The van der Waals surface area contributed by atoms with E-state index in [1.165, 1.54) is 25.7 Å². The van der Waals surface area contributed by atoms with Crippen LogP contribution in [0.25, 0.3) is 0 Å². The molecule has 0 aliphatic heterocycles. The average Bonchev–Trinajstić information content (AvgIpc) is 1.97. The summed E-state index contributed by atoms with van der Waals surface area (Å²) in [6.45, 7) is 4.56. The maximum atomic E-state index is 3.88. The Kier molecular flexibility index (Phi) is 9.61. The van der Waals surface area contributed by atoms with Crippen LogP contribution < -0.4 is 0 Å². The van der Waals surface area contributed by atoms with Crippen molar-refractivity contribution in [3.05, 3.63) is 0 Å². The first-order valence-electron chi connectivity index (χ1n) is 4.22. The van der Waals surface area contributed by atoms with Crippen LogP contribution in [0.5, 0.6) is 0 Å². The van der Waals surface area contributed by atoms with Crippen molar-refractivity contribution in [2.24, 2.45) is 0 Å². The first-order valence-corrected chi connectivity index (χ1v) is 16.7. The van der Waals surface area contributed by atoms with E-state index in [4.69, 9.17) is 0 Å². The summed E-state index contributed by atoms with van der Waals surface area (Å²) >= 11 is 2.89. The van der Waals surface area contributed by atoms with Gasteiger partial charge in [0, 0.05) is 0 Å². The fraction of sp³-hybridized carbons (Fsp3) is 1.00. The number of halogens is 1. The summed E-state index contributed by atoms with van der Waals surface area (Å²) in [5, 5.41) is 0. The second-order valence-electron chi connectivity index (χ2n) is 2.62. The summed E-state index contributed by atoms with van der Waals surface area (Å²) in [7, 11) is 0. The van der Waals surface area contributed by atoms with Gasteiger partial charge in [0.15, 0.2) is 0 Å². The van der Waals surface area contributed by atoms with Crippen LogP contribution in [0.2, 0.25) is 8.26 Å². The fourth-order valence-corrected chi connectivity index (χ4v) is 11.2. The van der Waals surface area contributed by atoms with Gasteiger partial charge < -0.3 is 0 Å². The van der Waals surface area contributed by atoms with Crippen molar-refractivity contribution in [3.8, 4) is 0 Å². The van der Waals surface area contributed by atoms with E-state index in [9.17, 15) is 0 Å². The molecule has 0 heterocycles. The molecule has 0 rings (SSSR count). The molecule has 0 N–H and O–H groups in total. The van der Waals surface area contributed by atoms with Gasteiger partial charge in [-0.25, -0.2) is 0 Å². The molecule has 10 heavy (non-hydrogen) atoms. The van der Waals surface area contributed by atoms with Crippen molar-refractivity contribution in [2.75, 3.05) is 0 Å². The van der Waals surface area contributed by atoms with E-state index >= 15 is 0 Å². The molecule has 62 valence electrons. The Bertz CT molecular complexity index is 58.3. The minimum atomic E-state index is -0.989. The van der Waals surface area contributed by atoms with E-state index in [-0.39, 0.29) is 0 Å². The van der Waals surface area contributed by atoms with Crippen LogP contribution in [0.1, 0.15) is 39.5 Å². The van der Waals surface area contributed by atoms with E-state index in [0.29, 0.717) is 0 Å². The zero-order valence-corrected chi connectivity index (χ0v) is 12.1. The number of unbranched alkanes of at least 4 members (excludes halogenated alkanes) is 2. The first-order chi connectivity index (χ1) is 4.81. The Morgan fingerprint density at radius 2 is 1.40 bits per heavy atom. The fourth-order valence-electron chi connectivity index (χ4n) is 0.771. The van der Waals surface area contributed by atoms with Crippen molar-refractivity contribution >= 4 is 31.6 Å². The van der Waals surface area contributed by atoms with Crippen LogP contribution >= 0.6 is 12.2 Å². The molecule has 0 aromatic carbocycles. The second-order valence-corrected chi connectivity index (χ2v) is 18.5. The summed E-state index contributed by atoms with van der Waals surface area (Å²) in [5.41, 5.74) is 0. The van der Waals surface area contributed by atoms with Crippen LogP contribution in [-0.4, -0.2) is 19.4 Å². The quantitative estimate of drug-likeness (QED) is 0.589. The third-order valence-corrected chi connectivity index (χ3v) is 14.0.